The zero-order chi connectivity index (χ0) is 13.1. The summed E-state index contributed by atoms with van der Waals surface area (Å²) in [5.74, 6) is -0.478. The third kappa shape index (κ3) is 2.17. The lowest BCUT2D eigenvalue weighted by atomic mass is 9.97. The molecule has 2 amide bonds. The predicted molar refractivity (Wildman–Crippen MR) is 63.4 cm³/mol. The van der Waals surface area contributed by atoms with Gasteiger partial charge in [0.05, 0.1) is 18.7 Å². The molecule has 2 N–H and O–H groups in total. The Balaban J connectivity index is 2.46. The molecule has 1 atom stereocenters. The maximum absolute atomic E-state index is 11.8. The molecule has 1 aromatic rings. The molecule has 0 fully saturated rings. The second-order valence-corrected chi connectivity index (χ2v) is 3.85. The maximum Gasteiger partial charge on any atom is 0.337 e. The lowest BCUT2D eigenvalue weighted by molar-refractivity contribution is -0.136. The van der Waals surface area contributed by atoms with Crippen LogP contribution in [0.25, 0.3) is 0 Å². The highest BCUT2D eigenvalue weighted by Gasteiger charge is 2.31. The standard InChI is InChI=1S/C12H13N3O3/c1-7-9(11(16)18-2)10(15-12(17)14-7)8-4-3-5-13-6-8/h3-6,10H,1-2H3,(H2,14,15,17). The molecule has 0 radical (unpaired) electrons. The minimum absolute atomic E-state index is 0.353. The lowest BCUT2D eigenvalue weighted by Crippen LogP contribution is -2.45. The molecule has 18 heavy (non-hydrogen) atoms. The first-order valence-electron chi connectivity index (χ1n) is 5.40. The van der Waals surface area contributed by atoms with Gasteiger partial charge in [-0.3, -0.25) is 4.98 Å². The zero-order valence-electron chi connectivity index (χ0n) is 10.1. The molecule has 2 heterocycles. The van der Waals surface area contributed by atoms with Crippen LogP contribution >= 0.6 is 0 Å². The molecule has 1 aliphatic rings. The number of aromatic nitrogens is 1. The third-order valence-corrected chi connectivity index (χ3v) is 2.69. The highest BCUT2D eigenvalue weighted by atomic mass is 16.5. The van der Waals surface area contributed by atoms with Crippen molar-refractivity contribution < 1.29 is 14.3 Å². The molecule has 94 valence electrons. The molecule has 6 nitrogen and oxygen atoms in total. The lowest BCUT2D eigenvalue weighted by Gasteiger charge is -2.27. The highest BCUT2D eigenvalue weighted by Crippen LogP contribution is 2.26. The number of nitrogens with one attached hydrogen (secondary N) is 2. The van der Waals surface area contributed by atoms with Crippen molar-refractivity contribution >= 4 is 12.0 Å². The number of rotatable bonds is 2. The third-order valence-electron chi connectivity index (χ3n) is 2.69. The Morgan fingerprint density at radius 3 is 2.89 bits per heavy atom. The summed E-state index contributed by atoms with van der Waals surface area (Å²) in [6.07, 6.45) is 3.23. The van der Waals surface area contributed by atoms with E-state index in [1.54, 1.807) is 31.5 Å². The Labute approximate surface area is 104 Å². The number of carbonyl (C=O) groups excluding carboxylic acids is 2. The van der Waals surface area contributed by atoms with E-state index in [0.717, 1.165) is 5.56 Å². The number of nitrogens with zero attached hydrogens (tertiary/aromatic N) is 1. The molecule has 2 rings (SSSR count). The number of esters is 1. The molecule has 1 aliphatic heterocycles. The van der Waals surface area contributed by atoms with Crippen molar-refractivity contribution in [3.05, 3.63) is 41.4 Å². The van der Waals surface area contributed by atoms with Crippen molar-refractivity contribution in [3.8, 4) is 0 Å². The van der Waals surface area contributed by atoms with Crippen LogP contribution in [0.15, 0.2) is 35.8 Å². The van der Waals surface area contributed by atoms with Crippen LogP contribution in [-0.2, 0) is 9.53 Å². The van der Waals surface area contributed by atoms with Crippen LogP contribution < -0.4 is 10.6 Å². The Kier molecular flexibility index (Phi) is 3.27. The van der Waals surface area contributed by atoms with Gasteiger partial charge in [0.15, 0.2) is 0 Å². The van der Waals surface area contributed by atoms with Gasteiger partial charge in [-0.1, -0.05) is 6.07 Å². The normalized spacial score (nSPS) is 19.0. The number of allylic oxidation sites excluding steroid dienone is 1. The van der Waals surface area contributed by atoms with Gasteiger partial charge < -0.3 is 15.4 Å². The summed E-state index contributed by atoms with van der Waals surface area (Å²) >= 11 is 0. The fourth-order valence-electron chi connectivity index (χ4n) is 1.87. The number of hydrogen-bond donors (Lipinski definition) is 2. The maximum atomic E-state index is 11.8. The molecule has 1 unspecified atom stereocenters. The van der Waals surface area contributed by atoms with Gasteiger partial charge in [0, 0.05) is 18.1 Å². The van der Waals surface area contributed by atoms with Crippen molar-refractivity contribution in [2.24, 2.45) is 0 Å². The minimum Gasteiger partial charge on any atom is -0.466 e. The molecule has 0 aliphatic carbocycles. The quantitative estimate of drug-likeness (QED) is 0.760. The van der Waals surface area contributed by atoms with Crippen LogP contribution in [-0.4, -0.2) is 24.1 Å². The molecule has 0 aromatic carbocycles. The minimum atomic E-state index is -0.542. The van der Waals surface area contributed by atoms with E-state index in [1.807, 2.05) is 0 Å². The highest BCUT2D eigenvalue weighted by molar-refractivity contribution is 5.94. The molecule has 0 saturated carbocycles. The van der Waals surface area contributed by atoms with Crippen molar-refractivity contribution in [3.63, 3.8) is 0 Å². The second kappa shape index (κ2) is 4.87. The van der Waals surface area contributed by atoms with Gasteiger partial charge in [-0.05, 0) is 18.6 Å². The summed E-state index contributed by atoms with van der Waals surface area (Å²) in [5.41, 5.74) is 1.59. The van der Waals surface area contributed by atoms with Crippen molar-refractivity contribution in [1.82, 2.24) is 15.6 Å². The average Bonchev–Trinajstić information content (AvgIpc) is 2.38. The second-order valence-electron chi connectivity index (χ2n) is 3.85. The molecule has 0 spiro atoms. The van der Waals surface area contributed by atoms with Gasteiger partial charge in [0.2, 0.25) is 0 Å². The van der Waals surface area contributed by atoms with Gasteiger partial charge in [-0.25, -0.2) is 9.59 Å². The SMILES string of the molecule is COC(=O)C1=C(C)NC(=O)NC1c1cccnc1. The van der Waals surface area contributed by atoms with Gasteiger partial charge >= 0.3 is 12.0 Å². The fourth-order valence-corrected chi connectivity index (χ4v) is 1.87. The van der Waals surface area contributed by atoms with E-state index in [0.29, 0.717) is 11.3 Å². The van der Waals surface area contributed by atoms with E-state index in [-0.39, 0.29) is 6.03 Å². The summed E-state index contributed by atoms with van der Waals surface area (Å²) < 4.78 is 4.74. The first-order chi connectivity index (χ1) is 8.63. The summed E-state index contributed by atoms with van der Waals surface area (Å²) in [7, 11) is 1.30. The van der Waals surface area contributed by atoms with Crippen LogP contribution in [0.3, 0.4) is 0 Å². The monoisotopic (exact) mass is 247 g/mol. The first kappa shape index (κ1) is 12.1. The van der Waals surface area contributed by atoms with Crippen molar-refractivity contribution in [2.45, 2.75) is 13.0 Å². The van der Waals surface area contributed by atoms with Crippen molar-refractivity contribution in [2.75, 3.05) is 7.11 Å². The number of carbonyl (C=O) groups is 2. The number of urea groups is 1. The Morgan fingerprint density at radius 1 is 1.50 bits per heavy atom. The predicted octanol–water partition coefficient (Wildman–Crippen LogP) is 0.882. The van der Waals surface area contributed by atoms with E-state index < -0.39 is 12.0 Å². The van der Waals surface area contributed by atoms with Gasteiger partial charge in [0.25, 0.3) is 0 Å². The number of hydrogen-bond acceptors (Lipinski definition) is 4. The summed E-state index contributed by atoms with van der Waals surface area (Å²) in [5, 5.41) is 5.23. The van der Waals surface area contributed by atoms with E-state index >= 15 is 0 Å². The topological polar surface area (TPSA) is 80.3 Å². The van der Waals surface area contributed by atoms with E-state index in [1.165, 1.54) is 7.11 Å². The Morgan fingerprint density at radius 2 is 2.28 bits per heavy atom. The number of methoxy groups -OCH3 is 1. The smallest absolute Gasteiger partial charge is 0.337 e. The summed E-state index contributed by atoms with van der Waals surface area (Å²) in [4.78, 5) is 27.2. The molecular formula is C12H13N3O3. The van der Waals surface area contributed by atoms with Crippen LogP contribution in [0, 0.1) is 0 Å². The molecular weight excluding hydrogens is 234 g/mol. The Hall–Kier alpha value is -2.37. The molecule has 0 bridgehead atoms. The summed E-state index contributed by atoms with van der Waals surface area (Å²) in [6.45, 7) is 1.66. The number of amides is 2. The van der Waals surface area contributed by atoms with Crippen LogP contribution in [0.1, 0.15) is 18.5 Å². The molecule has 0 saturated heterocycles. The van der Waals surface area contributed by atoms with E-state index in [4.69, 9.17) is 4.74 Å². The van der Waals surface area contributed by atoms with E-state index in [9.17, 15) is 9.59 Å². The van der Waals surface area contributed by atoms with Crippen LogP contribution in [0.4, 0.5) is 4.79 Å². The van der Waals surface area contributed by atoms with Gasteiger partial charge in [0.1, 0.15) is 0 Å². The van der Waals surface area contributed by atoms with Crippen LogP contribution in [0.2, 0.25) is 0 Å². The van der Waals surface area contributed by atoms with Gasteiger partial charge in [-0.15, -0.1) is 0 Å². The number of ether oxygens (including phenoxy) is 1. The Bertz CT molecular complexity index is 511. The van der Waals surface area contributed by atoms with Gasteiger partial charge in [-0.2, -0.15) is 0 Å². The zero-order valence-corrected chi connectivity index (χ0v) is 10.1. The van der Waals surface area contributed by atoms with E-state index in [2.05, 4.69) is 15.6 Å². The molecule has 1 aromatic heterocycles. The largest absolute Gasteiger partial charge is 0.466 e. The first-order valence-corrected chi connectivity index (χ1v) is 5.40. The summed E-state index contributed by atoms with van der Waals surface area (Å²) in [6, 6.07) is 2.64. The fraction of sp³-hybridized carbons (Fsp3) is 0.250. The molecule has 6 heteroatoms. The number of pyridine rings is 1. The average molecular weight is 247 g/mol. The van der Waals surface area contributed by atoms with Crippen molar-refractivity contribution in [1.29, 1.82) is 0 Å². The van der Waals surface area contributed by atoms with Crippen LogP contribution in [0.5, 0.6) is 0 Å².